The molecule has 0 N–H and O–H groups in total. The highest BCUT2D eigenvalue weighted by molar-refractivity contribution is 7.09. The Morgan fingerprint density at radius 1 is 1.03 bits per heavy atom. The van der Waals surface area contributed by atoms with E-state index in [-0.39, 0.29) is 18.3 Å². The number of thiophene rings is 1. The molecule has 31 heavy (non-hydrogen) atoms. The summed E-state index contributed by atoms with van der Waals surface area (Å²) in [5.74, 6) is 1.74. The average Bonchev–Trinajstić information content (AvgIpc) is 3.34. The first-order chi connectivity index (χ1) is 15.1. The molecule has 160 valence electrons. The number of amides is 1. The van der Waals surface area contributed by atoms with Gasteiger partial charge < -0.3 is 19.1 Å². The van der Waals surface area contributed by atoms with Crippen molar-refractivity contribution < 1.29 is 23.8 Å². The maximum absolute atomic E-state index is 13.1. The monoisotopic (exact) mass is 437 g/mol. The minimum Gasteiger partial charge on any atom is -0.486 e. The molecule has 0 fully saturated rings. The van der Waals surface area contributed by atoms with Gasteiger partial charge in [-0.25, -0.2) is 0 Å². The van der Waals surface area contributed by atoms with Gasteiger partial charge in [0.15, 0.2) is 23.9 Å². The Labute approximate surface area is 185 Å². The molecule has 0 radical (unpaired) electrons. The lowest BCUT2D eigenvalue weighted by molar-refractivity contribution is -0.120. The van der Waals surface area contributed by atoms with Crippen LogP contribution in [0.15, 0.2) is 60.0 Å². The molecule has 7 heteroatoms. The second-order valence-corrected chi connectivity index (χ2v) is 8.01. The van der Waals surface area contributed by atoms with Crippen molar-refractivity contribution in [1.29, 1.82) is 0 Å². The highest BCUT2D eigenvalue weighted by Crippen LogP contribution is 2.34. The molecule has 0 atom stereocenters. The summed E-state index contributed by atoms with van der Waals surface area (Å²) in [7, 11) is 0. The summed E-state index contributed by atoms with van der Waals surface area (Å²) in [6.07, 6.45) is 0.450. The van der Waals surface area contributed by atoms with Gasteiger partial charge in [-0.1, -0.05) is 13.0 Å². The van der Waals surface area contributed by atoms with E-state index >= 15 is 0 Å². The fraction of sp³-hybridized carbons (Fsp3) is 0.250. The highest BCUT2D eigenvalue weighted by atomic mass is 32.1. The number of hydrogen-bond donors (Lipinski definition) is 0. The molecule has 0 aliphatic carbocycles. The zero-order chi connectivity index (χ0) is 21.6. The van der Waals surface area contributed by atoms with E-state index in [4.69, 9.17) is 14.2 Å². The first-order valence-corrected chi connectivity index (χ1v) is 11.0. The van der Waals surface area contributed by atoms with Crippen molar-refractivity contribution in [2.45, 2.75) is 19.9 Å². The van der Waals surface area contributed by atoms with Crippen LogP contribution in [-0.2, 0) is 11.3 Å². The van der Waals surface area contributed by atoms with E-state index in [0.717, 1.165) is 10.6 Å². The van der Waals surface area contributed by atoms with Crippen LogP contribution in [0.3, 0.4) is 0 Å². The fourth-order valence-electron chi connectivity index (χ4n) is 3.25. The lowest BCUT2D eigenvalue weighted by Gasteiger charge is -2.25. The Balaban J connectivity index is 1.50. The molecule has 6 nitrogen and oxygen atoms in total. The number of Topliss-reactive ketones (excluding diaryl/α,β-unsaturated/α-hetero) is 1. The summed E-state index contributed by atoms with van der Waals surface area (Å²) >= 11 is 1.59. The molecule has 0 unspecified atom stereocenters. The third-order valence-corrected chi connectivity index (χ3v) is 5.75. The van der Waals surface area contributed by atoms with Gasteiger partial charge in [-0.2, -0.15) is 0 Å². The smallest absolute Gasteiger partial charge is 0.265 e. The highest BCUT2D eigenvalue weighted by Gasteiger charge is 2.21. The van der Waals surface area contributed by atoms with Gasteiger partial charge in [-0.15, -0.1) is 11.3 Å². The van der Waals surface area contributed by atoms with Gasteiger partial charge in [0.05, 0.1) is 6.54 Å². The number of rotatable bonds is 8. The van der Waals surface area contributed by atoms with Crippen molar-refractivity contribution in [1.82, 2.24) is 0 Å². The van der Waals surface area contributed by atoms with Crippen LogP contribution < -0.4 is 19.1 Å². The SMILES string of the molecule is CCC(=O)c1ccc(OCC(=O)N(Cc2cccs2)c2ccc3c(c2)OCCO3)cc1. The summed E-state index contributed by atoms with van der Waals surface area (Å²) < 4.78 is 17.0. The van der Waals surface area contributed by atoms with Gasteiger partial charge in [0, 0.05) is 28.6 Å². The van der Waals surface area contributed by atoms with Gasteiger partial charge >= 0.3 is 0 Å². The maximum Gasteiger partial charge on any atom is 0.265 e. The van der Waals surface area contributed by atoms with E-state index in [1.54, 1.807) is 40.5 Å². The second-order valence-electron chi connectivity index (χ2n) is 6.98. The number of anilines is 1. The third-order valence-electron chi connectivity index (χ3n) is 4.89. The Bertz CT molecular complexity index is 1050. The van der Waals surface area contributed by atoms with Gasteiger partial charge in [0.25, 0.3) is 5.91 Å². The summed E-state index contributed by atoms with van der Waals surface area (Å²) in [6, 6.07) is 16.3. The predicted octanol–water partition coefficient (Wildman–Crippen LogP) is 4.72. The number of benzene rings is 2. The third kappa shape index (κ3) is 5.06. The number of ketones is 1. The molecule has 2 heterocycles. The van der Waals surface area contributed by atoms with Crippen LogP contribution in [0.2, 0.25) is 0 Å². The Morgan fingerprint density at radius 2 is 1.81 bits per heavy atom. The van der Waals surface area contributed by atoms with Crippen LogP contribution in [0.5, 0.6) is 17.2 Å². The van der Waals surface area contributed by atoms with Crippen molar-refractivity contribution in [3.8, 4) is 17.2 Å². The zero-order valence-electron chi connectivity index (χ0n) is 17.2. The van der Waals surface area contributed by atoms with E-state index in [1.165, 1.54) is 0 Å². The average molecular weight is 438 g/mol. The second kappa shape index (κ2) is 9.66. The number of carbonyl (C=O) groups is 2. The van der Waals surface area contributed by atoms with E-state index < -0.39 is 0 Å². The number of hydrogen-bond acceptors (Lipinski definition) is 6. The molecule has 1 amide bonds. The van der Waals surface area contributed by atoms with E-state index in [0.29, 0.717) is 49.0 Å². The summed E-state index contributed by atoms with van der Waals surface area (Å²) in [5.41, 5.74) is 1.35. The van der Waals surface area contributed by atoms with E-state index in [2.05, 4.69) is 0 Å². The summed E-state index contributed by atoms with van der Waals surface area (Å²) in [5, 5.41) is 1.98. The molecule has 1 aromatic heterocycles. The number of ether oxygens (including phenoxy) is 3. The molecule has 0 saturated carbocycles. The van der Waals surface area contributed by atoms with Crippen molar-refractivity contribution in [3.05, 3.63) is 70.4 Å². The zero-order valence-corrected chi connectivity index (χ0v) is 18.0. The minimum atomic E-state index is -0.182. The van der Waals surface area contributed by atoms with Crippen molar-refractivity contribution >= 4 is 28.7 Å². The first kappa shape index (κ1) is 20.9. The molecule has 0 bridgehead atoms. The lowest BCUT2D eigenvalue weighted by atomic mass is 10.1. The van der Waals surface area contributed by atoms with Crippen molar-refractivity contribution in [2.75, 3.05) is 24.7 Å². The van der Waals surface area contributed by atoms with Gasteiger partial charge in [-0.05, 0) is 47.8 Å². The van der Waals surface area contributed by atoms with Crippen molar-refractivity contribution in [3.63, 3.8) is 0 Å². The normalized spacial score (nSPS) is 12.3. The van der Waals surface area contributed by atoms with Crippen LogP contribution in [0.25, 0.3) is 0 Å². The largest absolute Gasteiger partial charge is 0.486 e. The molecule has 4 rings (SSSR count). The van der Waals surface area contributed by atoms with Gasteiger partial charge in [0.1, 0.15) is 19.0 Å². The maximum atomic E-state index is 13.1. The van der Waals surface area contributed by atoms with E-state index in [1.807, 2.05) is 42.6 Å². The minimum absolute atomic E-state index is 0.0726. The Kier molecular flexibility index (Phi) is 6.52. The van der Waals surface area contributed by atoms with Crippen LogP contribution in [0, 0.1) is 0 Å². The van der Waals surface area contributed by atoms with Crippen LogP contribution in [-0.4, -0.2) is 31.5 Å². The molecule has 3 aromatic rings. The van der Waals surface area contributed by atoms with E-state index in [9.17, 15) is 9.59 Å². The standard InChI is InChI=1S/C24H23NO5S/c1-2-21(26)17-5-8-19(9-6-17)30-16-24(27)25(15-20-4-3-13-31-20)18-7-10-22-23(14-18)29-12-11-28-22/h3-10,13-14H,2,11-12,15-16H2,1H3. The summed E-state index contributed by atoms with van der Waals surface area (Å²) in [6.45, 7) is 3.13. The fourth-order valence-corrected chi connectivity index (χ4v) is 3.94. The van der Waals surface area contributed by atoms with Crippen molar-refractivity contribution in [2.24, 2.45) is 0 Å². The van der Waals surface area contributed by atoms with Gasteiger partial charge in [-0.3, -0.25) is 9.59 Å². The number of nitrogens with zero attached hydrogens (tertiary/aromatic N) is 1. The van der Waals surface area contributed by atoms with Gasteiger partial charge in [0.2, 0.25) is 0 Å². The summed E-state index contributed by atoms with van der Waals surface area (Å²) in [4.78, 5) is 27.6. The molecule has 1 aliphatic rings. The molecule has 1 aliphatic heterocycles. The first-order valence-electron chi connectivity index (χ1n) is 10.1. The quantitative estimate of drug-likeness (QED) is 0.477. The molecule has 0 spiro atoms. The Morgan fingerprint density at radius 3 is 2.52 bits per heavy atom. The van der Waals surface area contributed by atoms with Crippen LogP contribution in [0.1, 0.15) is 28.6 Å². The van der Waals surface area contributed by atoms with Crippen LogP contribution in [0.4, 0.5) is 5.69 Å². The molecular weight excluding hydrogens is 414 g/mol. The lowest BCUT2D eigenvalue weighted by Crippen LogP contribution is -2.34. The Hall–Kier alpha value is -3.32. The van der Waals surface area contributed by atoms with Crippen LogP contribution >= 0.6 is 11.3 Å². The molecule has 2 aromatic carbocycles. The predicted molar refractivity (Wildman–Crippen MR) is 119 cm³/mol. The number of carbonyl (C=O) groups excluding carboxylic acids is 2. The number of fused-ring (bicyclic) bond motifs is 1. The molecule has 0 saturated heterocycles. The topological polar surface area (TPSA) is 65.1 Å². The molecular formula is C24H23NO5S.